The van der Waals surface area contributed by atoms with Gasteiger partial charge in [-0.05, 0) is 72.0 Å². The Kier molecular flexibility index (Phi) is 5.02. The van der Waals surface area contributed by atoms with Gasteiger partial charge in [-0.2, -0.15) is 0 Å². The molecular formula is C41H29NO. The molecule has 204 valence electrons. The Morgan fingerprint density at radius 3 is 2.47 bits per heavy atom. The highest BCUT2D eigenvalue weighted by Crippen LogP contribution is 2.52. The van der Waals surface area contributed by atoms with Crippen LogP contribution in [0.2, 0.25) is 0 Å². The van der Waals surface area contributed by atoms with Gasteiger partial charge in [-0.1, -0.05) is 104 Å². The third-order valence-corrected chi connectivity index (χ3v) is 9.54. The van der Waals surface area contributed by atoms with Gasteiger partial charge in [0.2, 0.25) is 0 Å². The van der Waals surface area contributed by atoms with Crippen LogP contribution < -0.4 is 4.74 Å². The van der Waals surface area contributed by atoms with Gasteiger partial charge < -0.3 is 9.30 Å². The van der Waals surface area contributed by atoms with Crippen LogP contribution in [0, 0.1) is 12.1 Å². The first kappa shape index (κ1) is 24.3. The summed E-state index contributed by atoms with van der Waals surface area (Å²) in [6.07, 6.45) is 10.6. The highest BCUT2D eigenvalue weighted by molar-refractivity contribution is 6.10. The van der Waals surface area contributed by atoms with Gasteiger partial charge in [-0.3, -0.25) is 0 Å². The summed E-state index contributed by atoms with van der Waals surface area (Å²) < 4.78 is 9.10. The molecule has 0 bridgehead atoms. The predicted molar refractivity (Wildman–Crippen MR) is 176 cm³/mol. The number of para-hydroxylation sites is 2. The van der Waals surface area contributed by atoms with Gasteiger partial charge in [0.05, 0.1) is 16.6 Å². The number of aromatic nitrogens is 1. The third-order valence-electron chi connectivity index (χ3n) is 9.54. The number of benzene rings is 4. The number of hydrogen-bond acceptors (Lipinski definition) is 1. The Morgan fingerprint density at radius 2 is 1.56 bits per heavy atom. The van der Waals surface area contributed by atoms with Crippen LogP contribution in [0.25, 0.3) is 44.2 Å². The van der Waals surface area contributed by atoms with E-state index in [-0.39, 0.29) is 5.41 Å². The lowest BCUT2D eigenvalue weighted by atomic mass is 9.74. The van der Waals surface area contributed by atoms with Gasteiger partial charge in [-0.15, -0.1) is 0 Å². The van der Waals surface area contributed by atoms with Gasteiger partial charge in [0.15, 0.2) is 0 Å². The summed E-state index contributed by atoms with van der Waals surface area (Å²) in [5.74, 6) is 1.90. The number of fused-ring (bicyclic) bond motifs is 8. The van der Waals surface area contributed by atoms with Crippen molar-refractivity contribution < 1.29 is 4.74 Å². The molecule has 0 unspecified atom stereocenters. The van der Waals surface area contributed by atoms with Crippen molar-refractivity contribution in [3.63, 3.8) is 0 Å². The summed E-state index contributed by atoms with van der Waals surface area (Å²) in [7, 11) is 0. The van der Waals surface area contributed by atoms with Crippen molar-refractivity contribution >= 4 is 27.4 Å². The Hall–Kier alpha value is -5.26. The highest BCUT2D eigenvalue weighted by atomic mass is 16.5. The monoisotopic (exact) mass is 551 g/mol. The van der Waals surface area contributed by atoms with E-state index < -0.39 is 0 Å². The Bertz CT molecular complexity index is 2220. The van der Waals surface area contributed by atoms with Gasteiger partial charge in [0, 0.05) is 38.6 Å². The van der Waals surface area contributed by atoms with Gasteiger partial charge in [0.25, 0.3) is 0 Å². The summed E-state index contributed by atoms with van der Waals surface area (Å²) >= 11 is 0. The molecule has 9 rings (SSSR count). The quantitative estimate of drug-likeness (QED) is 0.209. The lowest BCUT2D eigenvalue weighted by molar-refractivity contribution is 0.414. The predicted octanol–water partition coefficient (Wildman–Crippen LogP) is 10.3. The standard InChI is InChI=1S/C41H29NO/c1-41(2)35-20-19-31-30-14-8-3-5-11-28(30)24-34(31)40(35)43-39-22-18-27(25-36(39)41)26-17-21-38-33(23-26)32-15-9-10-16-37(32)42(38)29-12-6-4-7-13-29/h3-10,12-18,21-23,25H,11,24H2,1-2H3. The van der Waals surface area contributed by atoms with Crippen molar-refractivity contribution in [3.8, 4) is 28.3 Å². The van der Waals surface area contributed by atoms with Crippen molar-refractivity contribution in [1.29, 1.82) is 0 Å². The van der Waals surface area contributed by atoms with E-state index in [1.54, 1.807) is 0 Å². The van der Waals surface area contributed by atoms with Gasteiger partial charge >= 0.3 is 0 Å². The molecule has 0 spiro atoms. The van der Waals surface area contributed by atoms with Crippen LogP contribution in [-0.4, -0.2) is 4.57 Å². The highest BCUT2D eigenvalue weighted by Gasteiger charge is 2.38. The summed E-state index contributed by atoms with van der Waals surface area (Å²) in [5, 5.41) is 2.51. The summed E-state index contributed by atoms with van der Waals surface area (Å²) in [6.45, 7) is 4.58. The van der Waals surface area contributed by atoms with E-state index >= 15 is 0 Å². The molecule has 2 heterocycles. The fourth-order valence-electron chi connectivity index (χ4n) is 7.32. The third kappa shape index (κ3) is 3.49. The van der Waals surface area contributed by atoms with Crippen LogP contribution in [0.5, 0.6) is 11.5 Å². The minimum Gasteiger partial charge on any atom is -0.456 e. The normalized spacial score (nSPS) is 15.9. The van der Waals surface area contributed by atoms with Crippen LogP contribution in [0.1, 0.15) is 42.5 Å². The van der Waals surface area contributed by atoms with Crippen molar-refractivity contribution in [1.82, 2.24) is 4.57 Å². The summed E-state index contributed by atoms with van der Waals surface area (Å²) in [6, 6.07) is 39.9. The molecular weight excluding hydrogens is 522 g/mol. The van der Waals surface area contributed by atoms with Crippen LogP contribution in [-0.2, 0) is 11.8 Å². The van der Waals surface area contributed by atoms with Gasteiger partial charge in [-0.25, -0.2) is 0 Å². The molecule has 1 aromatic heterocycles. The average Bonchev–Trinajstić information content (AvgIpc) is 3.46. The first-order valence-corrected chi connectivity index (χ1v) is 15.1. The maximum atomic E-state index is 6.74. The first-order valence-electron chi connectivity index (χ1n) is 15.1. The molecule has 2 nitrogen and oxygen atoms in total. The zero-order valence-electron chi connectivity index (χ0n) is 24.2. The van der Waals surface area contributed by atoms with E-state index in [1.165, 1.54) is 60.9 Å². The Labute approximate surface area is 251 Å². The lowest BCUT2D eigenvalue weighted by Crippen LogP contribution is -2.25. The minimum absolute atomic E-state index is 0.270. The van der Waals surface area contributed by atoms with Gasteiger partial charge in [0.1, 0.15) is 11.5 Å². The van der Waals surface area contributed by atoms with Crippen LogP contribution in [0.4, 0.5) is 0 Å². The molecule has 6 aromatic rings. The maximum Gasteiger partial charge on any atom is 0.144 e. The molecule has 5 aromatic carbocycles. The van der Waals surface area contributed by atoms with E-state index in [0.29, 0.717) is 0 Å². The van der Waals surface area contributed by atoms with E-state index in [0.717, 1.165) is 35.5 Å². The molecule has 1 aliphatic heterocycles. The maximum absolute atomic E-state index is 6.74. The molecule has 0 saturated heterocycles. The topological polar surface area (TPSA) is 14.2 Å². The molecule has 2 heteroatoms. The number of hydrogen-bond donors (Lipinski definition) is 0. The zero-order valence-corrected chi connectivity index (χ0v) is 24.2. The zero-order chi connectivity index (χ0) is 28.7. The average molecular weight is 552 g/mol. The minimum atomic E-state index is -0.270. The summed E-state index contributed by atoms with van der Waals surface area (Å²) in [4.78, 5) is 0. The van der Waals surface area contributed by atoms with Crippen molar-refractivity contribution in [2.45, 2.75) is 32.1 Å². The Morgan fingerprint density at radius 1 is 0.767 bits per heavy atom. The van der Waals surface area contributed by atoms with E-state index in [9.17, 15) is 0 Å². The van der Waals surface area contributed by atoms with Crippen molar-refractivity contribution in [2.75, 3.05) is 0 Å². The molecule has 0 atom stereocenters. The lowest BCUT2D eigenvalue weighted by Gasteiger charge is -2.34. The molecule has 0 fully saturated rings. The fourth-order valence-corrected chi connectivity index (χ4v) is 7.32. The second kappa shape index (κ2) is 8.87. The SMILES string of the molecule is CC1(C)c2c#cc3c(c2Oc2ccc(-c4ccc5c(c4)c4ccccc4n5-c4ccccc4)cc21)CC1=C3C=CC=CC1. The summed E-state index contributed by atoms with van der Waals surface area (Å²) in [5.41, 5.74) is 13.1. The van der Waals surface area contributed by atoms with Crippen molar-refractivity contribution in [3.05, 3.63) is 155 Å². The second-order valence-corrected chi connectivity index (χ2v) is 12.4. The molecule has 0 saturated carbocycles. The van der Waals surface area contributed by atoms with E-state index in [4.69, 9.17) is 4.74 Å². The molecule has 0 amide bonds. The molecule has 0 N–H and O–H groups in total. The molecule has 43 heavy (non-hydrogen) atoms. The number of nitrogens with zero attached hydrogens (tertiary/aromatic N) is 1. The molecule has 0 radical (unpaired) electrons. The van der Waals surface area contributed by atoms with Crippen LogP contribution in [0.15, 0.2) is 121 Å². The molecule has 2 aliphatic carbocycles. The molecule has 3 aliphatic rings. The fraction of sp³-hybridized carbons (Fsp3) is 0.122. The number of ether oxygens (including phenoxy) is 1. The van der Waals surface area contributed by atoms with E-state index in [1.807, 2.05) is 0 Å². The van der Waals surface area contributed by atoms with Crippen molar-refractivity contribution in [2.24, 2.45) is 0 Å². The van der Waals surface area contributed by atoms with Crippen LogP contribution in [0.3, 0.4) is 0 Å². The van der Waals surface area contributed by atoms with Crippen LogP contribution >= 0.6 is 0 Å². The van der Waals surface area contributed by atoms with E-state index in [2.05, 4.69) is 146 Å². The second-order valence-electron chi connectivity index (χ2n) is 12.4. The smallest absolute Gasteiger partial charge is 0.144 e. The number of allylic oxidation sites excluding steroid dienone is 6. The number of rotatable bonds is 2. The largest absolute Gasteiger partial charge is 0.456 e. The first-order chi connectivity index (χ1) is 21.1. The Balaban J connectivity index is 1.15.